The second-order valence-electron chi connectivity index (χ2n) is 0.394. The van der Waals surface area contributed by atoms with Crippen molar-refractivity contribution in [3.05, 3.63) is 12.7 Å². The van der Waals surface area contributed by atoms with Gasteiger partial charge in [-0.15, -0.1) is 6.61 Å². The van der Waals surface area contributed by atoms with E-state index in [0.717, 1.165) is 0 Å². The summed E-state index contributed by atoms with van der Waals surface area (Å²) in [5.74, 6) is 0. The molecule has 0 saturated carbocycles. The zero-order valence-corrected chi connectivity index (χ0v) is 6.65. The van der Waals surface area contributed by atoms with Crippen LogP contribution in [0.3, 0.4) is 0 Å². The van der Waals surface area contributed by atoms with Crippen LogP contribution in [-0.4, -0.2) is 6.61 Å². The Hall–Kier alpha value is 0.994. The van der Waals surface area contributed by atoms with Crippen LogP contribution in [0.5, 0.6) is 0 Å². The van der Waals surface area contributed by atoms with Crippen molar-refractivity contribution in [1.29, 1.82) is 0 Å². The van der Waals surface area contributed by atoms with E-state index >= 15 is 0 Å². The van der Waals surface area contributed by atoms with Gasteiger partial charge in [-0.25, -0.2) is 0 Å². The van der Waals surface area contributed by atoms with Crippen molar-refractivity contribution < 1.29 is 51.6 Å². The Morgan fingerprint density at radius 1 is 1.43 bits per heavy atom. The van der Waals surface area contributed by atoms with E-state index in [-0.39, 0.29) is 53.1 Å². The molecule has 0 aromatic heterocycles. The van der Waals surface area contributed by atoms with Crippen LogP contribution in [0, 0.1) is 6.08 Å². The molecule has 40 valence electrons. The molecule has 0 atom stereocenters. The van der Waals surface area contributed by atoms with E-state index in [4.69, 9.17) is 5.11 Å². The summed E-state index contributed by atoms with van der Waals surface area (Å²) in [4.78, 5) is 0. The smallest absolute Gasteiger partial charge is 1.00 e. The molecule has 7 heavy (non-hydrogen) atoms. The van der Waals surface area contributed by atoms with E-state index in [1.54, 1.807) is 0 Å². The third kappa shape index (κ3) is 43.9. The summed E-state index contributed by atoms with van der Waals surface area (Å²) in [5, 5.41) is 9.12. The largest absolute Gasteiger partial charge is 3.00 e. The molecule has 0 fully saturated rings. The minimum atomic E-state index is -0.292. The monoisotopic (exact) mass is 174 g/mol. The summed E-state index contributed by atoms with van der Waals surface area (Å²) >= 11 is 0. The predicted molar refractivity (Wildman–Crippen MR) is 13.7 cm³/mol. The Labute approximate surface area is 70.9 Å². The fraction of sp³-hybridized carbons (Fsp3) is 0.333. The van der Waals surface area contributed by atoms with Gasteiger partial charge in [-0.2, -0.15) is 0 Å². The maximum Gasteiger partial charge on any atom is 3.00 e. The van der Waals surface area contributed by atoms with Crippen molar-refractivity contribution in [3.63, 3.8) is 0 Å². The summed E-state index contributed by atoms with van der Waals surface area (Å²) in [6.07, 6.45) is 2.12. The van der Waals surface area contributed by atoms with Crippen LogP contribution in [0.1, 0.15) is 0 Å². The number of hydrogen-bond donors (Lipinski definition) is 0. The van der Waals surface area contributed by atoms with Gasteiger partial charge in [0.1, 0.15) is 0 Å². The summed E-state index contributed by atoms with van der Waals surface area (Å²) < 4.78 is 0. The van der Waals surface area contributed by atoms with Crippen molar-refractivity contribution in [1.82, 2.24) is 0 Å². The molecule has 4 heteroatoms. The Bertz CT molecular complexity index is 26.9. The van der Waals surface area contributed by atoms with E-state index in [1.807, 2.05) is 0 Å². The average Bonchev–Trinajstić information content (AvgIpc) is 1.37. The van der Waals surface area contributed by atoms with Gasteiger partial charge in [-0.05, 0) is 0 Å². The molecule has 0 spiro atoms. The SMILES string of the molecule is C=[C]C[O-].[Cl-].[Cl-].[Ti+3]. The third-order valence-corrected chi connectivity index (χ3v) is 0.102. The standard InChI is InChI=1S/C3H4O.2ClH.Ti/c1-2-3-4;;;/h1,3H2;2*1H;/q-1;;;+3/p-2. The number of rotatable bonds is 1. The molecule has 0 N–H and O–H groups in total. The van der Waals surface area contributed by atoms with Crippen LogP contribution >= 0.6 is 0 Å². The minimum Gasteiger partial charge on any atom is -1.00 e. The molecule has 0 aromatic carbocycles. The van der Waals surface area contributed by atoms with Gasteiger partial charge in [0.25, 0.3) is 0 Å². The van der Waals surface area contributed by atoms with Crippen molar-refractivity contribution in [3.8, 4) is 0 Å². The van der Waals surface area contributed by atoms with Crippen LogP contribution in [0.4, 0.5) is 0 Å². The molecule has 0 aliphatic carbocycles. The molecule has 1 nitrogen and oxygen atoms in total. The van der Waals surface area contributed by atoms with Gasteiger partial charge in [0.15, 0.2) is 0 Å². The van der Waals surface area contributed by atoms with Crippen LogP contribution in [0.15, 0.2) is 6.58 Å². The fourth-order valence-corrected chi connectivity index (χ4v) is 0. The molecular formula is C3H4Cl2OTi. The van der Waals surface area contributed by atoms with Crippen molar-refractivity contribution in [2.75, 3.05) is 6.61 Å². The van der Waals surface area contributed by atoms with Crippen molar-refractivity contribution in [2.45, 2.75) is 0 Å². The number of halogens is 2. The van der Waals surface area contributed by atoms with E-state index in [1.165, 1.54) is 0 Å². The molecule has 0 aliphatic heterocycles. The average molecular weight is 175 g/mol. The first-order valence-corrected chi connectivity index (χ1v) is 0.996. The normalized spacial score (nSPS) is 3.57. The molecule has 0 bridgehead atoms. The Morgan fingerprint density at radius 2 is 1.57 bits per heavy atom. The van der Waals surface area contributed by atoms with Crippen molar-refractivity contribution in [2.24, 2.45) is 0 Å². The number of hydrogen-bond acceptors (Lipinski definition) is 1. The Morgan fingerprint density at radius 3 is 1.57 bits per heavy atom. The van der Waals surface area contributed by atoms with E-state index in [2.05, 4.69) is 12.7 Å². The summed E-state index contributed by atoms with van der Waals surface area (Å²) in [7, 11) is 0. The van der Waals surface area contributed by atoms with Gasteiger partial charge < -0.3 is 29.9 Å². The topological polar surface area (TPSA) is 23.1 Å². The van der Waals surface area contributed by atoms with Gasteiger partial charge in [0.05, 0.1) is 0 Å². The van der Waals surface area contributed by atoms with Gasteiger partial charge in [0.2, 0.25) is 0 Å². The minimum absolute atomic E-state index is 0. The fourth-order valence-electron chi connectivity index (χ4n) is 0. The molecule has 0 heterocycles. The summed E-state index contributed by atoms with van der Waals surface area (Å²) in [6.45, 7) is 2.75. The molecule has 0 amide bonds. The quantitative estimate of drug-likeness (QED) is 0.363. The maximum atomic E-state index is 9.12. The molecule has 0 rings (SSSR count). The first-order valence-electron chi connectivity index (χ1n) is 0.996. The van der Waals surface area contributed by atoms with Gasteiger partial charge in [-0.3, -0.25) is 0 Å². The second-order valence-corrected chi connectivity index (χ2v) is 0.394. The predicted octanol–water partition coefficient (Wildman–Crippen LogP) is -6.66. The summed E-state index contributed by atoms with van der Waals surface area (Å²) in [6, 6.07) is 0. The molecule has 0 unspecified atom stereocenters. The van der Waals surface area contributed by atoms with E-state index < -0.39 is 0 Å². The first-order chi connectivity index (χ1) is 1.91. The second kappa shape index (κ2) is 28.0. The molecule has 0 saturated heterocycles. The van der Waals surface area contributed by atoms with Gasteiger partial charge in [-0.1, -0.05) is 12.7 Å². The Kier molecular flexibility index (Phi) is 98.2. The molecule has 0 aromatic rings. The molecule has 2 radical (unpaired) electrons. The zero-order valence-electron chi connectivity index (χ0n) is 3.58. The first kappa shape index (κ1) is 24.5. The molecule has 0 aliphatic rings. The third-order valence-electron chi connectivity index (χ3n) is 0.102. The zero-order chi connectivity index (χ0) is 3.41. The van der Waals surface area contributed by atoms with Crippen LogP contribution in [-0.2, 0) is 21.7 Å². The van der Waals surface area contributed by atoms with Crippen molar-refractivity contribution >= 4 is 0 Å². The Balaban J connectivity index is -0.0000000150. The van der Waals surface area contributed by atoms with Gasteiger partial charge >= 0.3 is 21.7 Å². The maximum absolute atomic E-state index is 9.12. The van der Waals surface area contributed by atoms with Crippen LogP contribution < -0.4 is 29.9 Å². The molecular weight excluding hydrogens is 171 g/mol. The van der Waals surface area contributed by atoms with Crippen LogP contribution in [0.25, 0.3) is 0 Å². The van der Waals surface area contributed by atoms with Crippen LogP contribution in [0.2, 0.25) is 0 Å². The van der Waals surface area contributed by atoms with E-state index in [0.29, 0.717) is 0 Å². The van der Waals surface area contributed by atoms with Gasteiger partial charge in [0, 0.05) is 0 Å². The summed E-state index contributed by atoms with van der Waals surface area (Å²) in [5.41, 5.74) is 0. The van der Waals surface area contributed by atoms with E-state index in [9.17, 15) is 0 Å².